The summed E-state index contributed by atoms with van der Waals surface area (Å²) < 4.78 is 0. The molecule has 0 aromatic carbocycles. The SMILES string of the molecule is C=C(CC)/C(C)=C\C(Cl)=C/C. The summed E-state index contributed by atoms with van der Waals surface area (Å²) in [5.74, 6) is 0. The van der Waals surface area contributed by atoms with Gasteiger partial charge < -0.3 is 0 Å². The molecule has 11 heavy (non-hydrogen) atoms. The van der Waals surface area contributed by atoms with Gasteiger partial charge in [0.1, 0.15) is 0 Å². The highest BCUT2D eigenvalue weighted by atomic mass is 35.5. The molecule has 0 aliphatic carbocycles. The number of hydrogen-bond acceptors (Lipinski definition) is 0. The van der Waals surface area contributed by atoms with Crippen LogP contribution in [0, 0.1) is 0 Å². The smallest absolute Gasteiger partial charge is 0.0366 e. The Kier molecular flexibility index (Phi) is 4.97. The molecule has 0 aromatic heterocycles. The molecule has 0 unspecified atom stereocenters. The predicted octanol–water partition coefficient (Wildman–Crippen LogP) is 4.04. The topological polar surface area (TPSA) is 0 Å². The second-order valence-corrected chi connectivity index (χ2v) is 2.89. The Morgan fingerprint density at radius 1 is 1.55 bits per heavy atom. The highest BCUT2D eigenvalue weighted by Crippen LogP contribution is 2.14. The van der Waals surface area contributed by atoms with Gasteiger partial charge in [0.2, 0.25) is 0 Å². The first-order valence-electron chi connectivity index (χ1n) is 3.80. The molecular weight excluding hydrogens is 156 g/mol. The summed E-state index contributed by atoms with van der Waals surface area (Å²) in [5, 5.41) is 0.775. The summed E-state index contributed by atoms with van der Waals surface area (Å²) in [4.78, 5) is 0. The third-order valence-corrected chi connectivity index (χ3v) is 1.94. The van der Waals surface area contributed by atoms with Crippen LogP contribution in [-0.4, -0.2) is 0 Å². The average Bonchev–Trinajstić information content (AvgIpc) is 2.02. The fourth-order valence-electron chi connectivity index (χ4n) is 0.671. The van der Waals surface area contributed by atoms with Crippen LogP contribution in [0.1, 0.15) is 27.2 Å². The highest BCUT2D eigenvalue weighted by molar-refractivity contribution is 6.31. The van der Waals surface area contributed by atoms with E-state index in [2.05, 4.69) is 13.5 Å². The normalized spacial score (nSPS) is 13.5. The van der Waals surface area contributed by atoms with Crippen LogP contribution in [0.15, 0.2) is 34.9 Å². The molecule has 0 N–H and O–H groups in total. The maximum absolute atomic E-state index is 5.80. The van der Waals surface area contributed by atoms with Crippen molar-refractivity contribution in [1.29, 1.82) is 0 Å². The highest BCUT2D eigenvalue weighted by Gasteiger charge is 1.93. The second-order valence-electron chi connectivity index (χ2n) is 2.46. The van der Waals surface area contributed by atoms with E-state index in [1.807, 2.05) is 26.0 Å². The van der Waals surface area contributed by atoms with E-state index in [9.17, 15) is 0 Å². The lowest BCUT2D eigenvalue weighted by molar-refractivity contribution is 1.11. The largest absolute Gasteiger partial charge is 0.0956 e. The number of rotatable bonds is 3. The van der Waals surface area contributed by atoms with E-state index in [0.717, 1.165) is 22.6 Å². The Morgan fingerprint density at radius 3 is 2.45 bits per heavy atom. The van der Waals surface area contributed by atoms with Crippen LogP contribution in [0.3, 0.4) is 0 Å². The van der Waals surface area contributed by atoms with Crippen LogP contribution in [-0.2, 0) is 0 Å². The van der Waals surface area contributed by atoms with E-state index in [0.29, 0.717) is 0 Å². The number of allylic oxidation sites excluding steroid dienone is 5. The standard InChI is InChI=1S/C10H15Cl/c1-5-8(3)9(4)7-10(11)6-2/h6-7H,3,5H2,1-2,4H3/b9-7-,10-6+. The van der Waals surface area contributed by atoms with Crippen molar-refractivity contribution in [2.24, 2.45) is 0 Å². The molecule has 0 saturated heterocycles. The van der Waals surface area contributed by atoms with Gasteiger partial charge in [0.15, 0.2) is 0 Å². The quantitative estimate of drug-likeness (QED) is 0.561. The summed E-state index contributed by atoms with van der Waals surface area (Å²) in [5.41, 5.74) is 2.31. The minimum Gasteiger partial charge on any atom is -0.0956 e. The first-order valence-corrected chi connectivity index (χ1v) is 4.17. The summed E-state index contributed by atoms with van der Waals surface area (Å²) in [7, 11) is 0. The Morgan fingerprint density at radius 2 is 2.09 bits per heavy atom. The van der Waals surface area contributed by atoms with Crippen LogP contribution in [0.25, 0.3) is 0 Å². The molecule has 0 heterocycles. The molecule has 1 heteroatoms. The first kappa shape index (κ1) is 10.5. The minimum absolute atomic E-state index is 0.775. The fourth-order valence-corrected chi connectivity index (χ4v) is 0.835. The van der Waals surface area contributed by atoms with Gasteiger partial charge in [0, 0.05) is 5.03 Å². The second kappa shape index (κ2) is 5.20. The fraction of sp³-hybridized carbons (Fsp3) is 0.400. The van der Waals surface area contributed by atoms with Gasteiger partial charge >= 0.3 is 0 Å². The molecule has 0 saturated carbocycles. The predicted molar refractivity (Wildman–Crippen MR) is 52.8 cm³/mol. The third kappa shape index (κ3) is 4.05. The molecule has 0 spiro atoms. The Balaban J connectivity index is 4.34. The molecule has 0 aliphatic rings. The molecule has 0 fully saturated rings. The molecule has 0 radical (unpaired) electrons. The Bertz CT molecular complexity index is 197. The summed E-state index contributed by atoms with van der Waals surface area (Å²) in [6, 6.07) is 0. The van der Waals surface area contributed by atoms with Crippen molar-refractivity contribution in [2.75, 3.05) is 0 Å². The van der Waals surface area contributed by atoms with Crippen LogP contribution in [0.2, 0.25) is 0 Å². The van der Waals surface area contributed by atoms with Crippen molar-refractivity contribution in [2.45, 2.75) is 27.2 Å². The van der Waals surface area contributed by atoms with Crippen LogP contribution >= 0.6 is 11.6 Å². The van der Waals surface area contributed by atoms with Crippen LogP contribution in [0.5, 0.6) is 0 Å². The monoisotopic (exact) mass is 170 g/mol. The Hall–Kier alpha value is -0.490. The lowest BCUT2D eigenvalue weighted by Gasteiger charge is -2.00. The lowest BCUT2D eigenvalue weighted by atomic mass is 10.1. The van der Waals surface area contributed by atoms with Gasteiger partial charge in [-0.15, -0.1) is 0 Å². The van der Waals surface area contributed by atoms with Gasteiger partial charge in [-0.25, -0.2) is 0 Å². The third-order valence-electron chi connectivity index (χ3n) is 1.61. The van der Waals surface area contributed by atoms with E-state index in [-0.39, 0.29) is 0 Å². The van der Waals surface area contributed by atoms with Gasteiger partial charge in [-0.2, -0.15) is 0 Å². The Labute approximate surface area is 74.3 Å². The molecule has 62 valence electrons. The van der Waals surface area contributed by atoms with Gasteiger partial charge in [-0.1, -0.05) is 36.8 Å². The van der Waals surface area contributed by atoms with Crippen molar-refractivity contribution in [3.63, 3.8) is 0 Å². The molecule has 0 rings (SSSR count). The van der Waals surface area contributed by atoms with E-state index >= 15 is 0 Å². The van der Waals surface area contributed by atoms with Crippen molar-refractivity contribution < 1.29 is 0 Å². The molecule has 0 nitrogen and oxygen atoms in total. The summed E-state index contributed by atoms with van der Waals surface area (Å²) in [6.45, 7) is 9.94. The average molecular weight is 171 g/mol. The van der Waals surface area contributed by atoms with E-state index < -0.39 is 0 Å². The molecule has 0 amide bonds. The molecule has 0 atom stereocenters. The summed E-state index contributed by atoms with van der Waals surface area (Å²) in [6.07, 6.45) is 4.79. The van der Waals surface area contributed by atoms with Crippen molar-refractivity contribution in [3.8, 4) is 0 Å². The van der Waals surface area contributed by atoms with Crippen LogP contribution < -0.4 is 0 Å². The number of hydrogen-bond donors (Lipinski definition) is 0. The summed E-state index contributed by atoms with van der Waals surface area (Å²) >= 11 is 5.80. The van der Waals surface area contributed by atoms with E-state index in [1.165, 1.54) is 0 Å². The maximum atomic E-state index is 5.80. The van der Waals surface area contributed by atoms with Crippen LogP contribution in [0.4, 0.5) is 0 Å². The van der Waals surface area contributed by atoms with Crippen molar-refractivity contribution in [3.05, 3.63) is 34.9 Å². The zero-order chi connectivity index (χ0) is 8.85. The van der Waals surface area contributed by atoms with Gasteiger partial charge in [-0.05, 0) is 31.9 Å². The van der Waals surface area contributed by atoms with Gasteiger partial charge in [0.25, 0.3) is 0 Å². The van der Waals surface area contributed by atoms with E-state index in [1.54, 1.807) is 0 Å². The van der Waals surface area contributed by atoms with E-state index in [4.69, 9.17) is 11.6 Å². The molecule has 0 aliphatic heterocycles. The molecule has 0 aromatic rings. The zero-order valence-corrected chi connectivity index (χ0v) is 8.20. The molecular formula is C10H15Cl. The minimum atomic E-state index is 0.775. The van der Waals surface area contributed by atoms with Crippen molar-refractivity contribution in [1.82, 2.24) is 0 Å². The lowest BCUT2D eigenvalue weighted by Crippen LogP contribution is -1.80. The first-order chi connectivity index (χ1) is 5.11. The number of halogens is 1. The maximum Gasteiger partial charge on any atom is 0.0366 e. The van der Waals surface area contributed by atoms with Gasteiger partial charge in [-0.3, -0.25) is 0 Å². The zero-order valence-electron chi connectivity index (χ0n) is 7.45. The van der Waals surface area contributed by atoms with Crippen molar-refractivity contribution >= 4 is 11.6 Å². The van der Waals surface area contributed by atoms with Gasteiger partial charge in [0.05, 0.1) is 0 Å². The molecule has 0 bridgehead atoms.